The van der Waals surface area contributed by atoms with Gasteiger partial charge in [0, 0.05) is 12.4 Å². The first-order valence-electron chi connectivity index (χ1n) is 4.76. The molecule has 0 aliphatic heterocycles. The summed E-state index contributed by atoms with van der Waals surface area (Å²) in [5.41, 5.74) is 6.66. The van der Waals surface area contributed by atoms with Crippen LogP contribution in [0, 0.1) is 5.41 Å². The Morgan fingerprint density at radius 2 is 1.79 bits per heavy atom. The molecule has 1 rings (SSSR count). The van der Waals surface area contributed by atoms with Crippen LogP contribution in [0.2, 0.25) is 0 Å². The minimum absolute atomic E-state index is 0.206. The van der Waals surface area contributed by atoms with Gasteiger partial charge in [-0.25, -0.2) is 0 Å². The van der Waals surface area contributed by atoms with Gasteiger partial charge in [0.15, 0.2) is 0 Å². The molecule has 1 aromatic heterocycles. The lowest BCUT2D eigenvalue weighted by molar-refractivity contribution is 0.0401. The van der Waals surface area contributed by atoms with Crippen LogP contribution >= 0.6 is 0 Å². The molecule has 0 bridgehead atoms. The minimum Gasteiger partial charge on any atom is -0.391 e. The standard InChI is InChI=1S/C11H18N2O/c1-11(2,3)10(14)9(12)8-4-6-13-7-5-8/h4-7,9-10,14H,12H2,1-3H3/t9-,10-/m1/s1. The fourth-order valence-electron chi connectivity index (χ4n) is 1.31. The number of aromatic nitrogens is 1. The summed E-state index contributed by atoms with van der Waals surface area (Å²) < 4.78 is 0. The highest BCUT2D eigenvalue weighted by Gasteiger charge is 2.28. The van der Waals surface area contributed by atoms with Crippen molar-refractivity contribution in [3.63, 3.8) is 0 Å². The molecule has 1 aromatic rings. The molecular formula is C11H18N2O. The molecule has 2 atom stereocenters. The Morgan fingerprint density at radius 1 is 1.29 bits per heavy atom. The van der Waals surface area contributed by atoms with E-state index in [0.717, 1.165) is 5.56 Å². The van der Waals surface area contributed by atoms with Crippen LogP contribution in [-0.4, -0.2) is 16.2 Å². The maximum atomic E-state index is 9.96. The van der Waals surface area contributed by atoms with Crippen molar-refractivity contribution in [2.45, 2.75) is 32.9 Å². The maximum absolute atomic E-state index is 9.96. The van der Waals surface area contributed by atoms with Crippen LogP contribution in [0.5, 0.6) is 0 Å². The first-order chi connectivity index (χ1) is 6.43. The normalized spacial score (nSPS) is 16.4. The molecule has 0 aliphatic rings. The van der Waals surface area contributed by atoms with Gasteiger partial charge in [0.25, 0.3) is 0 Å². The van der Waals surface area contributed by atoms with Gasteiger partial charge in [-0.2, -0.15) is 0 Å². The summed E-state index contributed by atoms with van der Waals surface area (Å²) >= 11 is 0. The van der Waals surface area contributed by atoms with Crippen molar-refractivity contribution in [2.75, 3.05) is 0 Å². The highest BCUT2D eigenvalue weighted by Crippen LogP contribution is 2.27. The first-order valence-corrected chi connectivity index (χ1v) is 4.76. The second-order valence-corrected chi connectivity index (χ2v) is 4.62. The molecule has 0 unspecified atom stereocenters. The van der Waals surface area contributed by atoms with E-state index in [4.69, 9.17) is 5.73 Å². The summed E-state index contributed by atoms with van der Waals surface area (Å²) in [5, 5.41) is 9.96. The topological polar surface area (TPSA) is 59.1 Å². The van der Waals surface area contributed by atoms with Crippen LogP contribution in [0.4, 0.5) is 0 Å². The molecule has 14 heavy (non-hydrogen) atoms. The van der Waals surface area contributed by atoms with E-state index in [-0.39, 0.29) is 11.5 Å². The summed E-state index contributed by atoms with van der Waals surface area (Å²) in [6.07, 6.45) is 2.82. The largest absolute Gasteiger partial charge is 0.391 e. The molecule has 0 radical (unpaired) electrons. The van der Waals surface area contributed by atoms with Crippen LogP contribution in [0.1, 0.15) is 32.4 Å². The number of pyridine rings is 1. The Kier molecular flexibility index (Phi) is 3.24. The summed E-state index contributed by atoms with van der Waals surface area (Å²) in [5.74, 6) is 0. The average Bonchev–Trinajstić information content (AvgIpc) is 2.15. The molecule has 3 N–H and O–H groups in total. The highest BCUT2D eigenvalue weighted by atomic mass is 16.3. The third-order valence-electron chi connectivity index (χ3n) is 2.32. The van der Waals surface area contributed by atoms with Crippen LogP contribution in [0.25, 0.3) is 0 Å². The van der Waals surface area contributed by atoms with E-state index in [1.165, 1.54) is 0 Å². The van der Waals surface area contributed by atoms with E-state index < -0.39 is 6.10 Å². The minimum atomic E-state index is -0.551. The Morgan fingerprint density at radius 3 is 2.21 bits per heavy atom. The van der Waals surface area contributed by atoms with Gasteiger partial charge < -0.3 is 10.8 Å². The van der Waals surface area contributed by atoms with E-state index in [1.54, 1.807) is 12.4 Å². The second kappa shape index (κ2) is 4.07. The Balaban J connectivity index is 2.81. The molecule has 3 heteroatoms. The van der Waals surface area contributed by atoms with E-state index >= 15 is 0 Å². The number of hydrogen-bond donors (Lipinski definition) is 2. The monoisotopic (exact) mass is 194 g/mol. The number of hydrogen-bond acceptors (Lipinski definition) is 3. The van der Waals surface area contributed by atoms with Crippen LogP contribution < -0.4 is 5.73 Å². The van der Waals surface area contributed by atoms with Gasteiger partial charge in [0.1, 0.15) is 0 Å². The van der Waals surface area contributed by atoms with Gasteiger partial charge in [0.05, 0.1) is 12.1 Å². The third-order valence-corrected chi connectivity index (χ3v) is 2.32. The molecule has 0 aromatic carbocycles. The number of aliphatic hydroxyl groups excluding tert-OH is 1. The van der Waals surface area contributed by atoms with Crippen molar-refractivity contribution >= 4 is 0 Å². The van der Waals surface area contributed by atoms with Crippen LogP contribution in [0.3, 0.4) is 0 Å². The zero-order valence-electron chi connectivity index (χ0n) is 8.94. The van der Waals surface area contributed by atoms with E-state index in [0.29, 0.717) is 0 Å². The van der Waals surface area contributed by atoms with Crippen molar-refractivity contribution in [1.29, 1.82) is 0 Å². The van der Waals surface area contributed by atoms with Gasteiger partial charge in [-0.1, -0.05) is 20.8 Å². The molecule has 0 fully saturated rings. The Bertz CT molecular complexity index is 279. The molecule has 0 saturated carbocycles. The zero-order valence-corrected chi connectivity index (χ0v) is 8.94. The van der Waals surface area contributed by atoms with Crippen LogP contribution in [-0.2, 0) is 0 Å². The lowest BCUT2D eigenvalue weighted by atomic mass is 9.83. The molecule has 0 spiro atoms. The summed E-state index contributed by atoms with van der Waals surface area (Å²) in [6, 6.07) is 3.32. The van der Waals surface area contributed by atoms with Crippen molar-refractivity contribution in [1.82, 2.24) is 4.98 Å². The molecule has 3 nitrogen and oxygen atoms in total. The van der Waals surface area contributed by atoms with Crippen molar-refractivity contribution in [3.05, 3.63) is 30.1 Å². The molecule has 0 amide bonds. The average molecular weight is 194 g/mol. The highest BCUT2D eigenvalue weighted by molar-refractivity contribution is 5.16. The number of nitrogens with two attached hydrogens (primary N) is 1. The summed E-state index contributed by atoms with van der Waals surface area (Å²) in [4.78, 5) is 3.91. The molecular weight excluding hydrogens is 176 g/mol. The van der Waals surface area contributed by atoms with Crippen molar-refractivity contribution in [2.24, 2.45) is 11.1 Å². The molecule has 0 saturated heterocycles. The predicted octanol–water partition coefficient (Wildman–Crippen LogP) is 1.49. The van der Waals surface area contributed by atoms with Gasteiger partial charge in [-0.3, -0.25) is 4.98 Å². The molecule has 1 heterocycles. The number of rotatable bonds is 2. The zero-order chi connectivity index (χ0) is 10.8. The second-order valence-electron chi connectivity index (χ2n) is 4.62. The quantitative estimate of drug-likeness (QED) is 0.750. The van der Waals surface area contributed by atoms with Crippen molar-refractivity contribution in [3.8, 4) is 0 Å². The van der Waals surface area contributed by atoms with Gasteiger partial charge >= 0.3 is 0 Å². The lowest BCUT2D eigenvalue weighted by Crippen LogP contribution is -2.36. The van der Waals surface area contributed by atoms with Gasteiger partial charge in [-0.15, -0.1) is 0 Å². The summed E-state index contributed by atoms with van der Waals surface area (Å²) in [7, 11) is 0. The van der Waals surface area contributed by atoms with Crippen molar-refractivity contribution < 1.29 is 5.11 Å². The first kappa shape index (κ1) is 11.1. The Labute approximate surface area is 85.0 Å². The van der Waals surface area contributed by atoms with Gasteiger partial charge in [0.2, 0.25) is 0 Å². The maximum Gasteiger partial charge on any atom is 0.0780 e. The fraction of sp³-hybridized carbons (Fsp3) is 0.545. The SMILES string of the molecule is CC(C)(C)[C@H](O)[C@H](N)c1ccncc1. The van der Waals surface area contributed by atoms with E-state index in [1.807, 2.05) is 32.9 Å². The van der Waals surface area contributed by atoms with E-state index in [2.05, 4.69) is 4.98 Å². The number of aliphatic hydroxyl groups is 1. The Hall–Kier alpha value is -0.930. The van der Waals surface area contributed by atoms with Gasteiger partial charge in [-0.05, 0) is 23.1 Å². The molecule has 78 valence electrons. The number of nitrogens with zero attached hydrogens (tertiary/aromatic N) is 1. The van der Waals surface area contributed by atoms with Crippen LogP contribution in [0.15, 0.2) is 24.5 Å². The fourth-order valence-corrected chi connectivity index (χ4v) is 1.31. The van der Waals surface area contributed by atoms with E-state index in [9.17, 15) is 5.11 Å². The third kappa shape index (κ3) is 2.53. The molecule has 0 aliphatic carbocycles. The lowest BCUT2D eigenvalue weighted by Gasteiger charge is -2.30. The predicted molar refractivity (Wildman–Crippen MR) is 56.6 cm³/mol. The smallest absolute Gasteiger partial charge is 0.0780 e. The summed E-state index contributed by atoms with van der Waals surface area (Å²) in [6.45, 7) is 5.91.